The molecule has 2 rings (SSSR count). The Hall–Kier alpha value is -1.07. The highest BCUT2D eigenvalue weighted by Crippen LogP contribution is 2.31. The van der Waals surface area contributed by atoms with Crippen molar-refractivity contribution in [3.05, 3.63) is 41.1 Å². The van der Waals surface area contributed by atoms with Crippen molar-refractivity contribution in [3.8, 4) is 0 Å². The predicted molar refractivity (Wildman–Crippen MR) is 64.7 cm³/mol. The third-order valence-corrected chi connectivity index (χ3v) is 3.65. The molecule has 1 aromatic heterocycles. The van der Waals surface area contributed by atoms with Crippen LogP contribution in [-0.4, -0.2) is 9.97 Å². The lowest BCUT2D eigenvalue weighted by molar-refractivity contribution is 1.06. The van der Waals surface area contributed by atoms with Crippen LogP contribution in [0.5, 0.6) is 0 Å². The van der Waals surface area contributed by atoms with Crippen molar-refractivity contribution in [2.24, 2.45) is 0 Å². The molecule has 0 aliphatic carbocycles. The molecule has 3 nitrogen and oxygen atoms in total. The minimum atomic E-state index is 0.437. The van der Waals surface area contributed by atoms with Crippen LogP contribution in [0.3, 0.4) is 0 Å². The molecule has 0 saturated heterocycles. The second-order valence-corrected chi connectivity index (χ2v) is 4.73. The summed E-state index contributed by atoms with van der Waals surface area (Å²) in [5.74, 6) is 0.437. The van der Waals surface area contributed by atoms with E-state index < -0.39 is 0 Å². The summed E-state index contributed by atoms with van der Waals surface area (Å²) in [5, 5.41) is 0.830. The summed E-state index contributed by atoms with van der Waals surface area (Å²) in [5.41, 5.74) is 5.46. The number of hydrogen-bond donors (Lipinski definition) is 1. The van der Waals surface area contributed by atoms with Gasteiger partial charge in [0.15, 0.2) is 0 Å². The van der Waals surface area contributed by atoms with Gasteiger partial charge in [0, 0.05) is 9.37 Å². The lowest BCUT2D eigenvalue weighted by Crippen LogP contribution is -1.91. The summed E-state index contributed by atoms with van der Waals surface area (Å²) in [6.45, 7) is 0. The van der Waals surface area contributed by atoms with Crippen molar-refractivity contribution < 1.29 is 0 Å². The van der Waals surface area contributed by atoms with E-state index in [2.05, 4.69) is 25.9 Å². The van der Waals surface area contributed by atoms with E-state index in [0.717, 1.165) is 14.4 Å². The molecule has 0 aliphatic rings. The van der Waals surface area contributed by atoms with Crippen LogP contribution in [-0.2, 0) is 0 Å². The second-order valence-electron chi connectivity index (χ2n) is 2.81. The van der Waals surface area contributed by atoms with Crippen LogP contribution >= 0.6 is 27.7 Å². The molecule has 0 aliphatic heterocycles. The van der Waals surface area contributed by atoms with Gasteiger partial charge in [-0.1, -0.05) is 23.9 Å². The van der Waals surface area contributed by atoms with Crippen molar-refractivity contribution in [3.63, 3.8) is 0 Å². The van der Waals surface area contributed by atoms with Gasteiger partial charge in [-0.15, -0.1) is 0 Å². The first-order valence-corrected chi connectivity index (χ1v) is 5.86. The topological polar surface area (TPSA) is 51.8 Å². The van der Waals surface area contributed by atoms with Gasteiger partial charge in [0.05, 0.1) is 12.4 Å². The Balaban J connectivity index is 2.22. The molecule has 2 aromatic rings. The Morgan fingerprint density at radius 2 is 1.93 bits per heavy atom. The monoisotopic (exact) mass is 281 g/mol. The second kappa shape index (κ2) is 4.63. The van der Waals surface area contributed by atoms with Gasteiger partial charge in [-0.2, -0.15) is 0 Å². The molecule has 0 unspecified atom stereocenters. The zero-order chi connectivity index (χ0) is 10.7. The van der Waals surface area contributed by atoms with Gasteiger partial charge in [0.1, 0.15) is 10.8 Å². The summed E-state index contributed by atoms with van der Waals surface area (Å²) in [4.78, 5) is 9.26. The van der Waals surface area contributed by atoms with Crippen LogP contribution in [0.25, 0.3) is 0 Å². The van der Waals surface area contributed by atoms with Crippen molar-refractivity contribution in [1.82, 2.24) is 9.97 Å². The molecule has 0 atom stereocenters. The zero-order valence-corrected chi connectivity index (χ0v) is 10.1. The predicted octanol–water partition coefficient (Wildman–Crippen LogP) is 2.97. The van der Waals surface area contributed by atoms with Gasteiger partial charge in [0.25, 0.3) is 0 Å². The van der Waals surface area contributed by atoms with E-state index in [4.69, 9.17) is 5.73 Å². The minimum Gasteiger partial charge on any atom is -0.382 e. The minimum absolute atomic E-state index is 0.437. The molecular weight excluding hydrogens is 274 g/mol. The van der Waals surface area contributed by atoms with Crippen LogP contribution in [0.2, 0.25) is 0 Å². The molecule has 0 radical (unpaired) electrons. The molecule has 1 heterocycles. The lowest BCUT2D eigenvalue weighted by Gasteiger charge is -2.02. The maximum atomic E-state index is 5.46. The number of benzene rings is 1. The third kappa shape index (κ3) is 2.70. The van der Waals surface area contributed by atoms with Crippen molar-refractivity contribution in [2.45, 2.75) is 9.92 Å². The zero-order valence-electron chi connectivity index (χ0n) is 7.72. The highest BCUT2D eigenvalue weighted by Gasteiger charge is 2.02. The smallest absolute Gasteiger partial charge is 0.141 e. The molecule has 0 saturated carbocycles. The average molecular weight is 282 g/mol. The molecule has 0 spiro atoms. The average Bonchev–Trinajstić information content (AvgIpc) is 2.25. The summed E-state index contributed by atoms with van der Waals surface area (Å²) in [7, 11) is 0. The highest BCUT2D eigenvalue weighted by atomic mass is 79.9. The molecule has 15 heavy (non-hydrogen) atoms. The molecular formula is C10H8BrN3S. The van der Waals surface area contributed by atoms with Gasteiger partial charge in [0.2, 0.25) is 0 Å². The Morgan fingerprint density at radius 3 is 2.60 bits per heavy atom. The first-order valence-electron chi connectivity index (χ1n) is 4.25. The van der Waals surface area contributed by atoms with E-state index in [1.165, 1.54) is 0 Å². The quantitative estimate of drug-likeness (QED) is 0.920. The van der Waals surface area contributed by atoms with Crippen molar-refractivity contribution >= 4 is 33.5 Å². The number of anilines is 1. The Kier molecular flexibility index (Phi) is 3.23. The van der Waals surface area contributed by atoms with E-state index in [0.29, 0.717) is 5.82 Å². The maximum Gasteiger partial charge on any atom is 0.141 e. The van der Waals surface area contributed by atoms with Crippen molar-refractivity contribution in [1.29, 1.82) is 0 Å². The Bertz CT molecular complexity index is 458. The first-order chi connectivity index (χ1) is 7.25. The molecule has 5 heteroatoms. The van der Waals surface area contributed by atoms with Crippen LogP contribution < -0.4 is 5.73 Å². The van der Waals surface area contributed by atoms with Gasteiger partial charge in [-0.3, -0.25) is 0 Å². The van der Waals surface area contributed by atoms with Gasteiger partial charge in [-0.05, 0) is 28.1 Å². The fourth-order valence-corrected chi connectivity index (χ4v) is 2.29. The largest absolute Gasteiger partial charge is 0.382 e. The van der Waals surface area contributed by atoms with Crippen LogP contribution in [0, 0.1) is 0 Å². The Labute approximate surface area is 100 Å². The summed E-state index contributed by atoms with van der Waals surface area (Å²) in [6.07, 6.45) is 3.22. The molecule has 0 amide bonds. The first kappa shape index (κ1) is 10.4. The van der Waals surface area contributed by atoms with Gasteiger partial charge >= 0.3 is 0 Å². The van der Waals surface area contributed by atoms with E-state index in [1.54, 1.807) is 24.2 Å². The SMILES string of the molecule is Nc1cnc(Sc2ccccc2Br)cn1. The lowest BCUT2D eigenvalue weighted by atomic mass is 10.4. The maximum absolute atomic E-state index is 5.46. The standard InChI is InChI=1S/C10H8BrN3S/c11-7-3-1-2-4-8(7)15-10-6-13-9(12)5-14-10/h1-6H,(H2,12,13). The molecule has 76 valence electrons. The number of hydrogen-bond acceptors (Lipinski definition) is 4. The molecule has 0 fully saturated rings. The van der Waals surface area contributed by atoms with E-state index in [1.807, 2.05) is 24.3 Å². The van der Waals surface area contributed by atoms with Gasteiger partial charge < -0.3 is 5.73 Å². The fraction of sp³-hybridized carbons (Fsp3) is 0. The summed E-state index contributed by atoms with van der Waals surface area (Å²) >= 11 is 5.02. The number of nitrogens with zero attached hydrogens (tertiary/aromatic N) is 2. The Morgan fingerprint density at radius 1 is 1.13 bits per heavy atom. The normalized spacial score (nSPS) is 10.2. The molecule has 1 aromatic carbocycles. The summed E-state index contributed by atoms with van der Waals surface area (Å²) < 4.78 is 1.05. The number of nitrogen functional groups attached to an aromatic ring is 1. The van der Waals surface area contributed by atoms with Crippen LogP contribution in [0.15, 0.2) is 51.1 Å². The number of aromatic nitrogens is 2. The van der Waals surface area contributed by atoms with E-state index >= 15 is 0 Å². The highest BCUT2D eigenvalue weighted by molar-refractivity contribution is 9.10. The van der Waals surface area contributed by atoms with Crippen molar-refractivity contribution in [2.75, 3.05) is 5.73 Å². The third-order valence-electron chi connectivity index (χ3n) is 1.70. The fourth-order valence-electron chi connectivity index (χ4n) is 1.02. The number of nitrogens with two attached hydrogens (primary N) is 1. The number of halogens is 1. The molecule has 0 bridgehead atoms. The number of rotatable bonds is 2. The van der Waals surface area contributed by atoms with Crippen LogP contribution in [0.4, 0.5) is 5.82 Å². The van der Waals surface area contributed by atoms with E-state index in [9.17, 15) is 0 Å². The van der Waals surface area contributed by atoms with Crippen LogP contribution in [0.1, 0.15) is 0 Å². The summed E-state index contributed by atoms with van der Waals surface area (Å²) in [6, 6.07) is 7.97. The molecule has 2 N–H and O–H groups in total. The van der Waals surface area contributed by atoms with Gasteiger partial charge in [-0.25, -0.2) is 9.97 Å². The van der Waals surface area contributed by atoms with E-state index in [-0.39, 0.29) is 0 Å².